The van der Waals surface area contributed by atoms with E-state index < -0.39 is 0 Å². The Kier molecular flexibility index (Phi) is 6.49. The van der Waals surface area contributed by atoms with Crippen LogP contribution in [0.1, 0.15) is 23.1 Å². The minimum atomic E-state index is 0.222. The smallest absolute Gasteiger partial charge is 0.0507 e. The standard InChI is InChI=1S/C27H29N/c1-5-20(3)24-15-11-22(12-16-24)19-23-13-17-25(18-14-23)26(6-2)28-27-10-8-7-9-21(27)4/h5-17,25-26,28H,1-3,18-19H2,4H3. The van der Waals surface area contributed by atoms with E-state index in [1.54, 1.807) is 6.08 Å². The van der Waals surface area contributed by atoms with Crippen LogP contribution in [0.2, 0.25) is 0 Å². The second kappa shape index (κ2) is 9.23. The van der Waals surface area contributed by atoms with Gasteiger partial charge in [-0.2, -0.15) is 0 Å². The predicted octanol–water partition coefficient (Wildman–Crippen LogP) is 6.91. The van der Waals surface area contributed by atoms with E-state index in [9.17, 15) is 0 Å². The Morgan fingerprint density at radius 3 is 2.50 bits per heavy atom. The highest BCUT2D eigenvalue weighted by Gasteiger charge is 2.18. The zero-order valence-electron chi connectivity index (χ0n) is 16.7. The summed E-state index contributed by atoms with van der Waals surface area (Å²) in [7, 11) is 0. The maximum atomic E-state index is 4.05. The molecule has 1 heteroatoms. The Labute approximate surface area is 169 Å². The lowest BCUT2D eigenvalue weighted by atomic mass is 9.88. The highest BCUT2D eigenvalue weighted by molar-refractivity contribution is 5.71. The minimum Gasteiger partial charge on any atom is -0.378 e. The Bertz CT molecular complexity index is 912. The van der Waals surface area contributed by atoms with Crippen LogP contribution in [-0.4, -0.2) is 6.04 Å². The predicted molar refractivity (Wildman–Crippen MR) is 123 cm³/mol. The van der Waals surface area contributed by atoms with E-state index in [0.717, 1.165) is 24.0 Å². The summed E-state index contributed by atoms with van der Waals surface area (Å²) in [5, 5.41) is 3.64. The molecule has 3 rings (SSSR count). The van der Waals surface area contributed by atoms with Gasteiger partial charge in [0.1, 0.15) is 0 Å². The molecule has 2 atom stereocenters. The summed E-state index contributed by atoms with van der Waals surface area (Å²) >= 11 is 0. The molecular formula is C27H29N. The molecule has 0 amide bonds. The van der Waals surface area contributed by atoms with Crippen LogP contribution in [0.3, 0.4) is 0 Å². The molecule has 1 nitrogen and oxygen atoms in total. The topological polar surface area (TPSA) is 12.0 Å². The second-order valence-corrected chi connectivity index (χ2v) is 7.36. The number of aryl methyl sites for hydroxylation is 1. The fourth-order valence-electron chi connectivity index (χ4n) is 3.52. The molecule has 2 aromatic rings. The lowest BCUT2D eigenvalue weighted by molar-refractivity contribution is 0.605. The third kappa shape index (κ3) is 4.80. The number of allylic oxidation sites excluding steroid dienone is 5. The van der Waals surface area contributed by atoms with Crippen LogP contribution in [0, 0.1) is 12.8 Å². The Morgan fingerprint density at radius 1 is 1.14 bits per heavy atom. The Balaban J connectivity index is 1.61. The van der Waals surface area contributed by atoms with Crippen molar-refractivity contribution in [3.63, 3.8) is 0 Å². The molecule has 0 aliphatic heterocycles. The van der Waals surface area contributed by atoms with E-state index in [1.165, 1.54) is 22.4 Å². The van der Waals surface area contributed by atoms with Gasteiger partial charge in [-0.25, -0.2) is 0 Å². The molecule has 142 valence electrons. The van der Waals surface area contributed by atoms with Crippen LogP contribution in [0.5, 0.6) is 0 Å². The van der Waals surface area contributed by atoms with E-state index >= 15 is 0 Å². The van der Waals surface area contributed by atoms with Gasteiger partial charge in [-0.1, -0.05) is 86.0 Å². The van der Waals surface area contributed by atoms with Crippen molar-refractivity contribution in [3.8, 4) is 0 Å². The molecule has 2 aromatic carbocycles. The first-order valence-corrected chi connectivity index (χ1v) is 9.83. The van der Waals surface area contributed by atoms with Gasteiger partial charge in [0.2, 0.25) is 0 Å². The molecule has 0 heterocycles. The minimum absolute atomic E-state index is 0.222. The maximum Gasteiger partial charge on any atom is 0.0507 e. The van der Waals surface area contributed by atoms with Crippen molar-refractivity contribution in [2.75, 3.05) is 5.32 Å². The van der Waals surface area contributed by atoms with Gasteiger partial charge >= 0.3 is 0 Å². The molecular weight excluding hydrogens is 338 g/mol. The number of hydrogen-bond acceptors (Lipinski definition) is 1. The molecule has 0 saturated carbocycles. The van der Waals surface area contributed by atoms with Crippen LogP contribution >= 0.6 is 0 Å². The molecule has 0 aromatic heterocycles. The largest absolute Gasteiger partial charge is 0.378 e. The van der Waals surface area contributed by atoms with Crippen LogP contribution < -0.4 is 5.32 Å². The van der Waals surface area contributed by atoms with Gasteiger partial charge in [-0.05, 0) is 53.7 Å². The molecule has 1 aliphatic rings. The van der Waals surface area contributed by atoms with Gasteiger partial charge in [0, 0.05) is 11.6 Å². The number of benzene rings is 2. The summed E-state index contributed by atoms with van der Waals surface area (Å²) < 4.78 is 0. The first-order chi connectivity index (χ1) is 13.6. The Hall–Kier alpha value is -3.06. The second-order valence-electron chi connectivity index (χ2n) is 7.36. The average Bonchev–Trinajstić information content (AvgIpc) is 2.74. The van der Waals surface area contributed by atoms with Gasteiger partial charge in [-0.15, -0.1) is 6.58 Å². The number of anilines is 1. The van der Waals surface area contributed by atoms with E-state index in [4.69, 9.17) is 0 Å². The highest BCUT2D eigenvalue weighted by Crippen LogP contribution is 2.26. The van der Waals surface area contributed by atoms with Gasteiger partial charge in [0.15, 0.2) is 0 Å². The summed E-state index contributed by atoms with van der Waals surface area (Å²) in [5.41, 5.74) is 7.20. The molecule has 0 saturated heterocycles. The summed E-state index contributed by atoms with van der Waals surface area (Å²) in [6, 6.07) is 17.2. The molecule has 0 spiro atoms. The van der Waals surface area contributed by atoms with E-state index in [2.05, 4.69) is 98.7 Å². The number of hydrogen-bond donors (Lipinski definition) is 1. The van der Waals surface area contributed by atoms with Crippen molar-refractivity contribution in [1.29, 1.82) is 0 Å². The summed E-state index contributed by atoms with van der Waals surface area (Å²) in [6.45, 7) is 14.0. The van der Waals surface area contributed by atoms with Crippen LogP contribution in [-0.2, 0) is 6.42 Å². The molecule has 0 radical (unpaired) electrons. The molecule has 0 fully saturated rings. The SMILES string of the molecule is C=CC(=C)c1ccc(CC2=CCC(C(C=C)Nc3ccccc3C)C=C2)cc1. The summed E-state index contributed by atoms with van der Waals surface area (Å²) in [4.78, 5) is 0. The normalized spacial score (nSPS) is 16.8. The third-order valence-corrected chi connectivity index (χ3v) is 5.37. The highest BCUT2D eigenvalue weighted by atomic mass is 14.9. The monoisotopic (exact) mass is 367 g/mol. The molecule has 0 bridgehead atoms. The summed E-state index contributed by atoms with van der Waals surface area (Å²) in [5.74, 6) is 0.416. The first-order valence-electron chi connectivity index (χ1n) is 9.83. The molecule has 2 unspecified atom stereocenters. The molecule has 28 heavy (non-hydrogen) atoms. The fourth-order valence-corrected chi connectivity index (χ4v) is 3.52. The van der Waals surface area contributed by atoms with Gasteiger partial charge in [-0.3, -0.25) is 0 Å². The van der Waals surface area contributed by atoms with Gasteiger partial charge in [0.25, 0.3) is 0 Å². The molecule has 1 aliphatic carbocycles. The van der Waals surface area contributed by atoms with Crippen LogP contribution in [0.15, 0.2) is 104 Å². The van der Waals surface area contributed by atoms with Crippen LogP contribution in [0.4, 0.5) is 5.69 Å². The lowest BCUT2D eigenvalue weighted by Crippen LogP contribution is -2.26. The average molecular weight is 368 g/mol. The number of para-hydroxylation sites is 1. The molecule has 1 N–H and O–H groups in total. The van der Waals surface area contributed by atoms with Crippen molar-refractivity contribution >= 4 is 11.3 Å². The van der Waals surface area contributed by atoms with Gasteiger partial charge in [0.05, 0.1) is 6.04 Å². The summed E-state index contributed by atoms with van der Waals surface area (Å²) in [6.07, 6.45) is 12.7. The van der Waals surface area contributed by atoms with E-state index in [-0.39, 0.29) is 6.04 Å². The first kappa shape index (κ1) is 19.7. The van der Waals surface area contributed by atoms with Crippen LogP contribution in [0.25, 0.3) is 5.57 Å². The van der Waals surface area contributed by atoms with Crippen molar-refractivity contribution in [2.45, 2.75) is 25.8 Å². The van der Waals surface area contributed by atoms with Gasteiger partial charge < -0.3 is 5.32 Å². The third-order valence-electron chi connectivity index (χ3n) is 5.37. The zero-order valence-corrected chi connectivity index (χ0v) is 16.7. The number of nitrogens with one attached hydrogen (secondary N) is 1. The Morgan fingerprint density at radius 2 is 1.89 bits per heavy atom. The fraction of sp³-hybridized carbons (Fsp3) is 0.185. The van der Waals surface area contributed by atoms with Crippen molar-refractivity contribution in [3.05, 3.63) is 121 Å². The van der Waals surface area contributed by atoms with Crippen molar-refractivity contribution < 1.29 is 0 Å². The quantitative estimate of drug-likeness (QED) is 0.395. The zero-order chi connectivity index (χ0) is 19.9. The maximum absolute atomic E-state index is 4.05. The van der Waals surface area contributed by atoms with E-state index in [0.29, 0.717) is 5.92 Å². The number of rotatable bonds is 8. The van der Waals surface area contributed by atoms with E-state index in [1.807, 2.05) is 6.08 Å². The van der Waals surface area contributed by atoms with Crippen molar-refractivity contribution in [1.82, 2.24) is 0 Å². The lowest BCUT2D eigenvalue weighted by Gasteiger charge is -2.26. The van der Waals surface area contributed by atoms with Crippen molar-refractivity contribution in [2.24, 2.45) is 5.92 Å².